The quantitative estimate of drug-likeness (QED) is 0.670. The Kier molecular flexibility index (Phi) is 5.43. The SMILES string of the molecule is CCC(=O)N1CCC[C@@H](Nc2c(-c3nc(C(=O)N(C)C)co3)cnc3[nH]ccc23)C1. The van der Waals surface area contributed by atoms with E-state index < -0.39 is 0 Å². The summed E-state index contributed by atoms with van der Waals surface area (Å²) < 4.78 is 5.64. The van der Waals surface area contributed by atoms with Crippen LogP contribution in [0.3, 0.4) is 0 Å². The molecule has 1 aliphatic heterocycles. The molecule has 1 atom stereocenters. The van der Waals surface area contributed by atoms with Gasteiger partial charge in [-0.25, -0.2) is 9.97 Å². The largest absolute Gasteiger partial charge is 0.443 e. The van der Waals surface area contributed by atoms with Crippen molar-refractivity contribution in [2.45, 2.75) is 32.2 Å². The van der Waals surface area contributed by atoms with Crippen LogP contribution in [0.1, 0.15) is 36.7 Å². The van der Waals surface area contributed by atoms with Gasteiger partial charge in [0.15, 0.2) is 5.69 Å². The molecule has 3 aromatic heterocycles. The Bertz CT molecular complexity index is 1070. The zero-order valence-corrected chi connectivity index (χ0v) is 17.4. The van der Waals surface area contributed by atoms with E-state index in [1.807, 2.05) is 24.1 Å². The molecule has 0 saturated carbocycles. The topological polar surface area (TPSA) is 107 Å². The van der Waals surface area contributed by atoms with Gasteiger partial charge in [-0.15, -0.1) is 0 Å². The van der Waals surface area contributed by atoms with Gasteiger partial charge in [0, 0.05) is 57.4 Å². The summed E-state index contributed by atoms with van der Waals surface area (Å²) >= 11 is 0. The predicted molar refractivity (Wildman–Crippen MR) is 113 cm³/mol. The summed E-state index contributed by atoms with van der Waals surface area (Å²) in [6.07, 6.45) is 7.29. The summed E-state index contributed by atoms with van der Waals surface area (Å²) in [5.41, 5.74) is 2.50. The van der Waals surface area contributed by atoms with Gasteiger partial charge >= 0.3 is 0 Å². The lowest BCUT2D eigenvalue weighted by Gasteiger charge is -2.34. The summed E-state index contributed by atoms with van der Waals surface area (Å²) in [5.74, 6) is 0.273. The predicted octanol–water partition coefficient (Wildman–Crippen LogP) is 2.73. The Morgan fingerprint density at radius 3 is 3.00 bits per heavy atom. The number of fused-ring (bicyclic) bond motifs is 1. The molecule has 0 bridgehead atoms. The number of rotatable bonds is 5. The maximum atomic E-state index is 12.2. The number of aromatic amines is 1. The number of hydrogen-bond donors (Lipinski definition) is 2. The number of nitrogens with zero attached hydrogens (tertiary/aromatic N) is 4. The lowest BCUT2D eigenvalue weighted by atomic mass is 10.0. The minimum absolute atomic E-state index is 0.103. The van der Waals surface area contributed by atoms with E-state index in [-0.39, 0.29) is 23.6 Å². The Labute approximate surface area is 174 Å². The normalized spacial score (nSPS) is 16.6. The van der Waals surface area contributed by atoms with Crippen molar-refractivity contribution in [3.05, 3.63) is 30.4 Å². The molecule has 9 heteroatoms. The van der Waals surface area contributed by atoms with Crippen molar-refractivity contribution in [2.24, 2.45) is 0 Å². The standard InChI is InChI=1S/C21H26N6O3/c1-4-17(28)27-9-5-6-13(11-27)24-18-14-7-8-22-19(14)23-10-15(18)20-25-16(12-30-20)21(29)26(2)3/h7-8,10,12-13H,4-6,9,11H2,1-3H3,(H2,22,23,24)/t13-/m1/s1. The number of pyridine rings is 1. The summed E-state index contributed by atoms with van der Waals surface area (Å²) in [6.45, 7) is 3.33. The van der Waals surface area contributed by atoms with Gasteiger partial charge in [0.25, 0.3) is 5.91 Å². The highest BCUT2D eigenvalue weighted by Crippen LogP contribution is 2.34. The lowest BCUT2D eigenvalue weighted by molar-refractivity contribution is -0.131. The molecule has 4 rings (SSSR count). The smallest absolute Gasteiger partial charge is 0.275 e. The van der Waals surface area contributed by atoms with Gasteiger partial charge in [-0.2, -0.15) is 0 Å². The van der Waals surface area contributed by atoms with Crippen LogP contribution in [0.5, 0.6) is 0 Å². The van der Waals surface area contributed by atoms with Crippen molar-refractivity contribution < 1.29 is 14.0 Å². The number of hydrogen-bond acceptors (Lipinski definition) is 6. The van der Waals surface area contributed by atoms with Crippen molar-refractivity contribution in [3.63, 3.8) is 0 Å². The Balaban J connectivity index is 1.68. The van der Waals surface area contributed by atoms with E-state index in [0.717, 1.165) is 36.1 Å². The molecule has 158 valence electrons. The fourth-order valence-electron chi connectivity index (χ4n) is 3.80. The van der Waals surface area contributed by atoms with E-state index in [4.69, 9.17) is 4.42 Å². The molecule has 1 fully saturated rings. The van der Waals surface area contributed by atoms with E-state index in [1.54, 1.807) is 20.3 Å². The van der Waals surface area contributed by atoms with Gasteiger partial charge in [0.05, 0.1) is 11.3 Å². The van der Waals surface area contributed by atoms with E-state index >= 15 is 0 Å². The fraction of sp³-hybridized carbons (Fsp3) is 0.429. The molecule has 0 aliphatic carbocycles. The number of oxazole rings is 1. The van der Waals surface area contributed by atoms with Crippen LogP contribution in [0.4, 0.5) is 5.69 Å². The molecule has 9 nitrogen and oxygen atoms in total. The summed E-state index contributed by atoms with van der Waals surface area (Å²) in [5, 5.41) is 4.51. The summed E-state index contributed by atoms with van der Waals surface area (Å²) in [4.78, 5) is 39.7. The number of piperidine rings is 1. The highest BCUT2D eigenvalue weighted by Gasteiger charge is 2.25. The molecule has 3 aromatic rings. The molecule has 2 N–H and O–H groups in total. The molecule has 1 saturated heterocycles. The second-order valence-electron chi connectivity index (χ2n) is 7.70. The number of likely N-dealkylation sites (tertiary alicyclic amines) is 1. The van der Waals surface area contributed by atoms with Gasteiger partial charge in [-0.1, -0.05) is 6.92 Å². The third-order valence-electron chi connectivity index (χ3n) is 5.37. The van der Waals surface area contributed by atoms with Crippen molar-refractivity contribution in [2.75, 3.05) is 32.5 Å². The van der Waals surface area contributed by atoms with Gasteiger partial charge in [-0.05, 0) is 18.9 Å². The highest BCUT2D eigenvalue weighted by atomic mass is 16.3. The average Bonchev–Trinajstić information content (AvgIpc) is 3.42. The van der Waals surface area contributed by atoms with Crippen LogP contribution in [0, 0.1) is 0 Å². The number of anilines is 1. The van der Waals surface area contributed by atoms with Crippen LogP contribution < -0.4 is 5.32 Å². The summed E-state index contributed by atoms with van der Waals surface area (Å²) in [7, 11) is 3.34. The van der Waals surface area contributed by atoms with Gasteiger partial charge < -0.3 is 24.5 Å². The molecule has 0 unspecified atom stereocenters. The van der Waals surface area contributed by atoms with Crippen LogP contribution in [-0.2, 0) is 4.79 Å². The first-order valence-electron chi connectivity index (χ1n) is 10.2. The second kappa shape index (κ2) is 8.17. The third-order valence-corrected chi connectivity index (χ3v) is 5.37. The molecular formula is C21H26N6O3. The van der Waals surface area contributed by atoms with Gasteiger partial charge in [-0.3, -0.25) is 9.59 Å². The van der Waals surface area contributed by atoms with Crippen LogP contribution in [0.25, 0.3) is 22.5 Å². The Morgan fingerprint density at radius 2 is 2.23 bits per heavy atom. The second-order valence-corrected chi connectivity index (χ2v) is 7.70. The van der Waals surface area contributed by atoms with Gasteiger partial charge in [0.2, 0.25) is 11.8 Å². The molecule has 0 aromatic carbocycles. The summed E-state index contributed by atoms with van der Waals surface area (Å²) in [6, 6.07) is 2.05. The first-order chi connectivity index (χ1) is 14.5. The number of carbonyl (C=O) groups is 2. The molecule has 1 aliphatic rings. The molecule has 30 heavy (non-hydrogen) atoms. The molecule has 0 spiro atoms. The Hall–Kier alpha value is -3.36. The highest BCUT2D eigenvalue weighted by molar-refractivity contribution is 5.98. The molecule has 4 heterocycles. The van der Waals surface area contributed by atoms with Crippen LogP contribution in [0.2, 0.25) is 0 Å². The molecular weight excluding hydrogens is 384 g/mol. The molecule has 2 amide bonds. The Morgan fingerprint density at radius 1 is 1.40 bits per heavy atom. The van der Waals surface area contributed by atoms with E-state index in [1.165, 1.54) is 11.2 Å². The van der Waals surface area contributed by atoms with Crippen LogP contribution in [-0.4, -0.2) is 69.8 Å². The van der Waals surface area contributed by atoms with Crippen molar-refractivity contribution in [1.82, 2.24) is 24.8 Å². The maximum Gasteiger partial charge on any atom is 0.275 e. The monoisotopic (exact) mass is 410 g/mol. The number of aromatic nitrogens is 3. The van der Waals surface area contributed by atoms with Crippen LogP contribution in [0.15, 0.2) is 29.1 Å². The lowest BCUT2D eigenvalue weighted by Crippen LogP contribution is -2.45. The molecule has 0 radical (unpaired) electrons. The third kappa shape index (κ3) is 3.74. The van der Waals surface area contributed by atoms with E-state index in [9.17, 15) is 9.59 Å². The van der Waals surface area contributed by atoms with Crippen molar-refractivity contribution >= 4 is 28.5 Å². The van der Waals surface area contributed by atoms with E-state index in [2.05, 4.69) is 20.3 Å². The zero-order valence-electron chi connectivity index (χ0n) is 17.4. The number of carbonyl (C=O) groups excluding carboxylic acids is 2. The number of H-pyrrole nitrogens is 1. The number of nitrogens with one attached hydrogen (secondary N) is 2. The van der Waals surface area contributed by atoms with Crippen LogP contribution >= 0.6 is 0 Å². The minimum atomic E-state index is -0.226. The maximum absolute atomic E-state index is 12.2. The van der Waals surface area contributed by atoms with E-state index in [0.29, 0.717) is 24.4 Å². The van der Waals surface area contributed by atoms with Crippen molar-refractivity contribution in [1.29, 1.82) is 0 Å². The minimum Gasteiger partial charge on any atom is -0.443 e. The first-order valence-corrected chi connectivity index (χ1v) is 10.2. The average molecular weight is 410 g/mol. The van der Waals surface area contributed by atoms with Crippen molar-refractivity contribution in [3.8, 4) is 11.5 Å². The number of amides is 2. The van der Waals surface area contributed by atoms with Gasteiger partial charge in [0.1, 0.15) is 11.9 Å². The fourth-order valence-corrected chi connectivity index (χ4v) is 3.80. The first kappa shape index (κ1) is 19.9. The zero-order chi connectivity index (χ0) is 21.3.